The second-order valence-corrected chi connectivity index (χ2v) is 10.1. The molecule has 0 saturated carbocycles. The van der Waals surface area contributed by atoms with Crippen LogP contribution in [0.15, 0.2) is 36.4 Å². The number of hydrogen-bond donors (Lipinski definition) is 3. The molecule has 0 heterocycles. The third-order valence-corrected chi connectivity index (χ3v) is 6.00. The lowest BCUT2D eigenvalue weighted by molar-refractivity contribution is 0.0543. The molecule has 11 heteroatoms. The molecule has 2 amide bonds. The summed E-state index contributed by atoms with van der Waals surface area (Å²) in [6, 6.07) is 9.81. The number of nitrogens with zero attached hydrogens (tertiary/aromatic N) is 2. The Morgan fingerprint density at radius 1 is 0.810 bits per heavy atom. The maximum atomic E-state index is 11.9. The highest BCUT2D eigenvalue weighted by atomic mass is 16.5. The van der Waals surface area contributed by atoms with Crippen molar-refractivity contribution < 1.29 is 33.6 Å². The van der Waals surface area contributed by atoms with Gasteiger partial charge in [0, 0.05) is 30.1 Å². The molecule has 1 atom stereocenters. The van der Waals surface area contributed by atoms with Gasteiger partial charge in [0.1, 0.15) is 11.5 Å². The number of nitriles is 2. The maximum absolute atomic E-state index is 11.9. The van der Waals surface area contributed by atoms with Gasteiger partial charge >= 0.3 is 12.2 Å². The predicted molar refractivity (Wildman–Crippen MR) is 159 cm³/mol. The van der Waals surface area contributed by atoms with E-state index in [4.69, 9.17) is 29.8 Å². The molecule has 0 aromatic heterocycles. The van der Waals surface area contributed by atoms with Crippen LogP contribution in [0.2, 0.25) is 0 Å². The summed E-state index contributed by atoms with van der Waals surface area (Å²) in [5.74, 6) is 1.52. The molecule has 228 valence electrons. The minimum absolute atomic E-state index is 0.235. The Labute approximate surface area is 248 Å². The van der Waals surface area contributed by atoms with Crippen molar-refractivity contribution in [3.8, 4) is 24.0 Å². The van der Waals surface area contributed by atoms with Gasteiger partial charge in [-0.3, -0.25) is 10.6 Å². The highest BCUT2D eigenvalue weighted by molar-refractivity contribution is 5.85. The number of ether oxygens (including phenoxy) is 4. The maximum Gasteiger partial charge on any atom is 0.411 e. The number of aryl methyl sites for hydroxylation is 2. The molecule has 2 rings (SSSR count). The SMILES string of the molecule is Cc1ccc(NC(=O)O)cc1OC#N.Cc1ccc(NC(=O)OCCCCC(C)OCCCCC(C)C)cc1OC#N. The highest BCUT2D eigenvalue weighted by Crippen LogP contribution is 2.23. The van der Waals surface area contributed by atoms with E-state index in [0.29, 0.717) is 29.5 Å². The molecule has 42 heavy (non-hydrogen) atoms. The Bertz CT molecular complexity index is 1200. The van der Waals surface area contributed by atoms with Crippen LogP contribution >= 0.6 is 0 Å². The van der Waals surface area contributed by atoms with E-state index in [1.807, 2.05) is 6.92 Å². The van der Waals surface area contributed by atoms with Gasteiger partial charge in [0.05, 0.1) is 12.7 Å². The van der Waals surface area contributed by atoms with Crippen molar-refractivity contribution in [2.75, 3.05) is 23.8 Å². The average Bonchev–Trinajstić information content (AvgIpc) is 2.92. The first-order chi connectivity index (χ1) is 20.0. The molecule has 0 aliphatic heterocycles. The molecule has 0 radical (unpaired) electrons. The third-order valence-electron chi connectivity index (χ3n) is 6.00. The molecule has 2 aromatic carbocycles. The van der Waals surface area contributed by atoms with Crippen LogP contribution < -0.4 is 20.1 Å². The van der Waals surface area contributed by atoms with E-state index in [1.165, 1.54) is 25.2 Å². The summed E-state index contributed by atoms with van der Waals surface area (Å²) in [7, 11) is 0. The topological polar surface area (TPSA) is 163 Å². The first kappa shape index (κ1) is 35.5. The number of hydrogen-bond acceptors (Lipinski definition) is 8. The largest absolute Gasteiger partial charge is 0.465 e. The minimum atomic E-state index is -1.16. The second-order valence-electron chi connectivity index (χ2n) is 10.1. The van der Waals surface area contributed by atoms with Crippen molar-refractivity contribution in [1.29, 1.82) is 10.5 Å². The van der Waals surface area contributed by atoms with E-state index in [1.54, 1.807) is 43.5 Å². The number of rotatable bonds is 15. The smallest absolute Gasteiger partial charge is 0.411 e. The monoisotopic (exact) mass is 582 g/mol. The molecule has 0 spiro atoms. The zero-order valence-corrected chi connectivity index (χ0v) is 25.1. The Hall–Kier alpha value is -4.48. The molecular weight excluding hydrogens is 540 g/mol. The van der Waals surface area contributed by atoms with Crippen LogP contribution in [0.1, 0.15) is 70.4 Å². The van der Waals surface area contributed by atoms with Crippen LogP contribution in [-0.4, -0.2) is 36.6 Å². The zero-order valence-electron chi connectivity index (χ0n) is 25.1. The van der Waals surface area contributed by atoms with E-state index in [-0.39, 0.29) is 6.10 Å². The van der Waals surface area contributed by atoms with Gasteiger partial charge in [-0.2, -0.15) is 0 Å². The summed E-state index contributed by atoms with van der Waals surface area (Å²) in [5, 5.41) is 30.2. The van der Waals surface area contributed by atoms with Crippen molar-refractivity contribution in [1.82, 2.24) is 0 Å². The highest BCUT2D eigenvalue weighted by Gasteiger charge is 2.08. The molecule has 3 N–H and O–H groups in total. The number of carboxylic acid groups (broad SMARTS) is 1. The molecule has 0 bridgehead atoms. The fourth-order valence-corrected chi connectivity index (χ4v) is 3.67. The van der Waals surface area contributed by atoms with Crippen LogP contribution in [0.3, 0.4) is 0 Å². The molecule has 2 aromatic rings. The Kier molecular flexibility index (Phi) is 17.3. The quantitative estimate of drug-likeness (QED) is 0.141. The van der Waals surface area contributed by atoms with Crippen LogP contribution in [0.5, 0.6) is 11.5 Å². The lowest BCUT2D eigenvalue weighted by Gasteiger charge is -2.13. The molecule has 0 aliphatic rings. The Morgan fingerprint density at radius 2 is 1.33 bits per heavy atom. The van der Waals surface area contributed by atoms with Gasteiger partial charge in [-0.05, 0) is 75.6 Å². The van der Waals surface area contributed by atoms with Crippen LogP contribution in [0.25, 0.3) is 0 Å². The number of benzene rings is 2. The summed E-state index contributed by atoms with van der Waals surface area (Å²) in [4.78, 5) is 22.2. The Balaban J connectivity index is 0.000000525. The van der Waals surface area contributed by atoms with Crippen LogP contribution in [-0.2, 0) is 9.47 Å². The number of carbonyl (C=O) groups is 2. The zero-order chi connectivity index (χ0) is 31.3. The van der Waals surface area contributed by atoms with E-state index in [0.717, 1.165) is 49.3 Å². The van der Waals surface area contributed by atoms with E-state index in [9.17, 15) is 9.59 Å². The molecule has 11 nitrogen and oxygen atoms in total. The third kappa shape index (κ3) is 15.9. The summed E-state index contributed by atoms with van der Waals surface area (Å²) < 4.78 is 20.5. The van der Waals surface area contributed by atoms with Crippen molar-refractivity contribution >= 4 is 23.6 Å². The Morgan fingerprint density at radius 3 is 1.86 bits per heavy atom. The lowest BCUT2D eigenvalue weighted by atomic mass is 10.1. The van der Waals surface area contributed by atoms with E-state index >= 15 is 0 Å². The molecule has 0 fully saturated rings. The number of amides is 2. The van der Waals surface area contributed by atoms with Crippen LogP contribution in [0.4, 0.5) is 21.0 Å². The molecule has 0 aliphatic carbocycles. The van der Waals surface area contributed by atoms with Gasteiger partial charge in [-0.1, -0.05) is 38.8 Å². The van der Waals surface area contributed by atoms with E-state index < -0.39 is 12.2 Å². The van der Waals surface area contributed by atoms with Gasteiger partial charge in [-0.15, -0.1) is 10.5 Å². The summed E-state index contributed by atoms with van der Waals surface area (Å²) >= 11 is 0. The fourth-order valence-electron chi connectivity index (χ4n) is 3.67. The predicted octanol–water partition coefficient (Wildman–Crippen LogP) is 7.75. The minimum Gasteiger partial charge on any atom is -0.465 e. The molecule has 1 unspecified atom stereocenters. The first-order valence-electron chi connectivity index (χ1n) is 13.9. The normalized spacial score (nSPS) is 10.8. The number of anilines is 2. The van der Waals surface area contributed by atoms with Gasteiger partial charge in [-0.25, -0.2) is 9.59 Å². The number of nitrogens with one attached hydrogen (secondary N) is 2. The van der Waals surface area contributed by atoms with Crippen molar-refractivity contribution in [2.24, 2.45) is 5.92 Å². The van der Waals surface area contributed by atoms with Crippen LogP contribution in [0, 0.1) is 42.8 Å². The molecular formula is C31H42N4O7. The molecule has 0 saturated heterocycles. The average molecular weight is 583 g/mol. The summed E-state index contributed by atoms with van der Waals surface area (Å²) in [5.41, 5.74) is 2.48. The van der Waals surface area contributed by atoms with Crippen molar-refractivity contribution in [3.63, 3.8) is 0 Å². The fraction of sp³-hybridized carbons (Fsp3) is 0.484. The lowest BCUT2D eigenvalue weighted by Crippen LogP contribution is -2.15. The summed E-state index contributed by atoms with van der Waals surface area (Å²) in [6.07, 6.45) is 8.03. The number of unbranched alkanes of at least 4 members (excludes halogenated alkanes) is 2. The standard InChI is InChI=1S/C22H34N2O4.C9H8N2O3/c1-17(2)9-5-7-13-26-19(4)10-6-8-14-27-22(25)24-20-12-11-18(3)21(15-20)28-16-23;1-6-2-3-7(11-9(12)13)4-8(6)14-5-10/h11-12,15,17,19H,5-10,13-14H2,1-4H3,(H,24,25);2-4,11H,1H3,(H,12,13). The van der Waals surface area contributed by atoms with Gasteiger partial charge in [0.2, 0.25) is 0 Å². The van der Waals surface area contributed by atoms with Gasteiger partial charge < -0.3 is 24.1 Å². The number of carbonyl (C=O) groups excluding carboxylic acids is 1. The van der Waals surface area contributed by atoms with Gasteiger partial charge in [0.25, 0.3) is 12.5 Å². The second kappa shape index (κ2) is 20.4. The van der Waals surface area contributed by atoms with E-state index in [2.05, 4.69) is 36.1 Å². The summed E-state index contributed by atoms with van der Waals surface area (Å²) in [6.45, 7) is 11.3. The van der Waals surface area contributed by atoms with Gasteiger partial charge in [0.15, 0.2) is 0 Å². The van der Waals surface area contributed by atoms with Crippen molar-refractivity contribution in [3.05, 3.63) is 47.5 Å². The first-order valence-corrected chi connectivity index (χ1v) is 13.9. The van der Waals surface area contributed by atoms with Crippen molar-refractivity contribution in [2.45, 2.75) is 79.2 Å².